The van der Waals surface area contributed by atoms with Crippen LogP contribution >= 0.6 is 0 Å². The molecule has 1 atom stereocenters. The minimum Gasteiger partial charge on any atom is -0.372 e. The third-order valence-electron chi connectivity index (χ3n) is 3.32. The molecule has 0 amide bonds. The van der Waals surface area contributed by atoms with Crippen LogP contribution in [-0.2, 0) is 9.47 Å². The lowest BCUT2D eigenvalue weighted by atomic mass is 10.1. The molecule has 0 spiro atoms. The summed E-state index contributed by atoms with van der Waals surface area (Å²) in [5, 5.41) is 4.53. The molecular weight excluding hydrogens is 240 g/mol. The van der Waals surface area contributed by atoms with E-state index in [9.17, 15) is 0 Å². The number of aromatic nitrogens is 1. The molecule has 1 fully saturated rings. The molecule has 2 N–H and O–H groups in total. The highest BCUT2D eigenvalue weighted by atomic mass is 16.5. The van der Waals surface area contributed by atoms with Crippen LogP contribution in [0, 0.1) is 6.10 Å². The van der Waals surface area contributed by atoms with Gasteiger partial charge in [0.25, 0.3) is 0 Å². The number of aromatic amines is 1. The van der Waals surface area contributed by atoms with Crippen LogP contribution in [0.15, 0.2) is 30.3 Å². The normalized spacial score (nSPS) is 20.2. The summed E-state index contributed by atoms with van der Waals surface area (Å²) in [4.78, 5) is 3.41. The molecule has 19 heavy (non-hydrogen) atoms. The number of hydrogen-bond donors (Lipinski definition) is 2. The molecule has 1 unspecified atom stereocenters. The lowest BCUT2D eigenvalue weighted by Crippen LogP contribution is -2.43. The monoisotopic (exact) mass is 259 g/mol. The van der Waals surface area contributed by atoms with Gasteiger partial charge in [0.05, 0.1) is 12.3 Å². The molecule has 101 valence electrons. The molecule has 1 aliphatic heterocycles. The van der Waals surface area contributed by atoms with E-state index >= 15 is 0 Å². The fourth-order valence-corrected chi connectivity index (χ4v) is 2.44. The molecule has 1 aliphatic rings. The van der Waals surface area contributed by atoms with Crippen LogP contribution in [0.25, 0.3) is 10.9 Å². The number of fused-ring (bicyclic) bond motifs is 1. The molecule has 1 aromatic heterocycles. The molecule has 0 saturated carbocycles. The minimum absolute atomic E-state index is 0.0123. The summed E-state index contributed by atoms with van der Waals surface area (Å²) >= 11 is 0. The predicted molar refractivity (Wildman–Crippen MR) is 74.9 cm³/mol. The van der Waals surface area contributed by atoms with Crippen molar-refractivity contribution in [2.75, 3.05) is 26.3 Å². The van der Waals surface area contributed by atoms with Crippen LogP contribution in [0.2, 0.25) is 0 Å². The van der Waals surface area contributed by atoms with E-state index in [1.165, 1.54) is 5.39 Å². The van der Waals surface area contributed by atoms with Gasteiger partial charge in [-0.25, -0.2) is 0 Å². The topological polar surface area (TPSA) is 46.3 Å². The van der Waals surface area contributed by atoms with Crippen LogP contribution in [0.4, 0.5) is 0 Å². The molecule has 1 saturated heterocycles. The second-order valence-corrected chi connectivity index (χ2v) is 4.63. The number of ether oxygens (including phenoxy) is 2. The van der Waals surface area contributed by atoms with Gasteiger partial charge in [0, 0.05) is 25.2 Å². The molecule has 0 aliphatic carbocycles. The van der Waals surface area contributed by atoms with E-state index in [-0.39, 0.29) is 6.10 Å². The first-order chi connectivity index (χ1) is 9.38. The lowest BCUT2D eigenvalue weighted by molar-refractivity contribution is -0.0158. The summed E-state index contributed by atoms with van der Waals surface area (Å²) in [5.41, 5.74) is 2.13. The Morgan fingerprint density at radius 2 is 2.32 bits per heavy atom. The molecular formula is C15H19N2O2. The molecule has 4 heteroatoms. The van der Waals surface area contributed by atoms with Crippen molar-refractivity contribution in [2.45, 2.75) is 13.0 Å². The Morgan fingerprint density at radius 3 is 3.05 bits per heavy atom. The summed E-state index contributed by atoms with van der Waals surface area (Å²) in [6, 6.07) is 10.4. The number of rotatable bonds is 4. The van der Waals surface area contributed by atoms with Crippen molar-refractivity contribution >= 4 is 10.9 Å². The Kier molecular flexibility index (Phi) is 3.82. The Balaban J connectivity index is 1.89. The second-order valence-electron chi connectivity index (χ2n) is 4.63. The maximum Gasteiger partial charge on any atom is 0.172 e. The van der Waals surface area contributed by atoms with Crippen molar-refractivity contribution in [3.8, 4) is 0 Å². The van der Waals surface area contributed by atoms with Crippen molar-refractivity contribution in [3.63, 3.8) is 0 Å². The fourth-order valence-electron chi connectivity index (χ4n) is 2.44. The Morgan fingerprint density at radius 1 is 1.42 bits per heavy atom. The van der Waals surface area contributed by atoms with E-state index < -0.39 is 0 Å². The van der Waals surface area contributed by atoms with Gasteiger partial charge < -0.3 is 19.8 Å². The maximum absolute atomic E-state index is 5.82. The van der Waals surface area contributed by atoms with Crippen LogP contribution in [-0.4, -0.2) is 37.4 Å². The van der Waals surface area contributed by atoms with Gasteiger partial charge in [-0.15, -0.1) is 0 Å². The first-order valence-corrected chi connectivity index (χ1v) is 6.78. The molecule has 3 rings (SSSR count). The van der Waals surface area contributed by atoms with Gasteiger partial charge in [-0.3, -0.25) is 0 Å². The average Bonchev–Trinajstić information content (AvgIpc) is 2.89. The number of morpholine rings is 1. The molecule has 1 aromatic carbocycles. The smallest absolute Gasteiger partial charge is 0.172 e. The highest BCUT2D eigenvalue weighted by molar-refractivity contribution is 5.80. The van der Waals surface area contributed by atoms with E-state index in [0.29, 0.717) is 6.61 Å². The van der Waals surface area contributed by atoms with Crippen LogP contribution < -0.4 is 5.32 Å². The van der Waals surface area contributed by atoms with Gasteiger partial charge in [-0.2, -0.15) is 0 Å². The van der Waals surface area contributed by atoms with E-state index in [0.717, 1.165) is 37.0 Å². The molecule has 4 nitrogen and oxygen atoms in total. The molecule has 0 bridgehead atoms. The van der Waals surface area contributed by atoms with Gasteiger partial charge in [0.1, 0.15) is 6.10 Å². The Bertz CT molecular complexity index is 499. The SMILES string of the molecule is CCO[C](c1cc2ccccc2[nH]1)C1CNCCO1. The van der Waals surface area contributed by atoms with Crippen molar-refractivity contribution in [1.29, 1.82) is 0 Å². The third-order valence-corrected chi connectivity index (χ3v) is 3.32. The molecule has 1 radical (unpaired) electrons. The zero-order valence-corrected chi connectivity index (χ0v) is 11.1. The summed E-state index contributed by atoms with van der Waals surface area (Å²) in [6.45, 7) is 5.07. The quantitative estimate of drug-likeness (QED) is 0.883. The summed E-state index contributed by atoms with van der Waals surface area (Å²) in [7, 11) is 0. The fraction of sp³-hybridized carbons (Fsp3) is 0.400. The van der Waals surface area contributed by atoms with Crippen LogP contribution in [0.5, 0.6) is 0 Å². The lowest BCUT2D eigenvalue weighted by Gasteiger charge is -2.29. The maximum atomic E-state index is 5.82. The summed E-state index contributed by atoms with van der Waals surface area (Å²) in [6.07, 6.45) is 0.882. The van der Waals surface area contributed by atoms with Gasteiger partial charge in [-0.05, 0) is 24.4 Å². The number of benzene rings is 1. The standard InChI is InChI=1S/C15H19N2O2/c1-2-18-15(14-10-16-7-8-19-14)13-9-11-5-3-4-6-12(11)17-13/h3-6,9,14,16-17H,2,7-8,10H2,1H3. The van der Waals surface area contributed by atoms with E-state index in [2.05, 4.69) is 28.5 Å². The highest BCUT2D eigenvalue weighted by Gasteiger charge is 2.29. The van der Waals surface area contributed by atoms with E-state index in [4.69, 9.17) is 9.47 Å². The van der Waals surface area contributed by atoms with E-state index in [1.54, 1.807) is 0 Å². The van der Waals surface area contributed by atoms with Crippen LogP contribution in [0.3, 0.4) is 0 Å². The van der Waals surface area contributed by atoms with Crippen molar-refractivity contribution in [1.82, 2.24) is 10.3 Å². The van der Waals surface area contributed by atoms with Crippen molar-refractivity contribution in [3.05, 3.63) is 42.1 Å². The number of nitrogens with one attached hydrogen (secondary N) is 2. The minimum atomic E-state index is -0.0123. The first-order valence-electron chi connectivity index (χ1n) is 6.78. The Hall–Kier alpha value is -1.36. The predicted octanol–water partition coefficient (Wildman–Crippen LogP) is 2.07. The van der Waals surface area contributed by atoms with Gasteiger partial charge >= 0.3 is 0 Å². The van der Waals surface area contributed by atoms with Crippen molar-refractivity contribution < 1.29 is 9.47 Å². The number of hydrogen-bond acceptors (Lipinski definition) is 3. The Labute approximate surface area is 113 Å². The van der Waals surface area contributed by atoms with Gasteiger partial charge in [-0.1, -0.05) is 18.2 Å². The van der Waals surface area contributed by atoms with E-state index in [1.807, 2.05) is 19.1 Å². The number of para-hydroxylation sites is 1. The second kappa shape index (κ2) is 5.74. The van der Waals surface area contributed by atoms with Gasteiger partial charge in [0.15, 0.2) is 6.10 Å². The molecule has 2 aromatic rings. The zero-order chi connectivity index (χ0) is 13.1. The van der Waals surface area contributed by atoms with Crippen LogP contribution in [0.1, 0.15) is 12.6 Å². The van der Waals surface area contributed by atoms with Gasteiger partial charge in [0.2, 0.25) is 0 Å². The third kappa shape index (κ3) is 2.66. The molecule has 2 heterocycles. The van der Waals surface area contributed by atoms with Crippen molar-refractivity contribution in [2.24, 2.45) is 0 Å². The summed E-state index contributed by atoms with van der Waals surface area (Å²) in [5.74, 6) is 0. The first kappa shape index (κ1) is 12.7. The highest BCUT2D eigenvalue weighted by Crippen LogP contribution is 2.26. The summed E-state index contributed by atoms with van der Waals surface area (Å²) < 4.78 is 11.6. The average molecular weight is 259 g/mol. The zero-order valence-electron chi connectivity index (χ0n) is 11.1. The number of H-pyrrole nitrogens is 1. The largest absolute Gasteiger partial charge is 0.372 e.